The highest BCUT2D eigenvalue weighted by Crippen LogP contribution is 2.39. The third-order valence-electron chi connectivity index (χ3n) is 3.28. The number of hydrogen-bond acceptors (Lipinski definition) is 4. The van der Waals surface area contributed by atoms with E-state index in [1.807, 2.05) is 18.2 Å². The fraction of sp³-hybridized carbons (Fsp3) is 0.200. The molecule has 0 aliphatic heterocycles. The molecule has 0 unspecified atom stereocenters. The van der Waals surface area contributed by atoms with Gasteiger partial charge in [0.15, 0.2) is 6.61 Å². The smallest absolute Gasteiger partial charge is 0.348 e. The summed E-state index contributed by atoms with van der Waals surface area (Å²) in [5, 5.41) is 0. The molecule has 1 aromatic heterocycles. The molecule has 0 spiro atoms. The number of esters is 1. The summed E-state index contributed by atoms with van der Waals surface area (Å²) in [5.41, 5.74) is 8.63. The zero-order valence-corrected chi connectivity index (χ0v) is 11.5. The summed E-state index contributed by atoms with van der Waals surface area (Å²) in [4.78, 5) is 24.1. The number of amides is 1. The van der Waals surface area contributed by atoms with Crippen molar-refractivity contribution in [3.05, 3.63) is 46.3 Å². The lowest BCUT2D eigenvalue weighted by Gasteiger charge is -2.15. The van der Waals surface area contributed by atoms with E-state index in [1.54, 1.807) is 0 Å². The molecule has 1 amide bonds. The molecule has 1 aromatic carbocycles. The fourth-order valence-corrected chi connectivity index (χ4v) is 3.54. The van der Waals surface area contributed by atoms with Crippen LogP contribution < -0.4 is 5.73 Å². The van der Waals surface area contributed by atoms with Gasteiger partial charge in [-0.25, -0.2) is 4.79 Å². The van der Waals surface area contributed by atoms with Crippen molar-refractivity contribution in [2.45, 2.75) is 12.8 Å². The highest BCUT2D eigenvalue weighted by Gasteiger charge is 2.22. The fourth-order valence-electron chi connectivity index (χ4n) is 2.38. The molecule has 2 aromatic rings. The maximum absolute atomic E-state index is 11.9. The number of benzene rings is 1. The molecule has 0 saturated carbocycles. The molecule has 1 aliphatic rings. The van der Waals surface area contributed by atoms with Crippen LogP contribution in [0.3, 0.4) is 0 Å². The second-order valence-corrected chi connectivity index (χ2v) is 5.72. The Labute approximate surface area is 120 Å². The average Bonchev–Trinajstić information content (AvgIpc) is 2.89. The van der Waals surface area contributed by atoms with Crippen LogP contribution in [0, 0.1) is 0 Å². The summed E-state index contributed by atoms with van der Waals surface area (Å²) in [5.74, 6) is -1.13. The van der Waals surface area contributed by atoms with Crippen molar-refractivity contribution in [1.82, 2.24) is 0 Å². The summed E-state index contributed by atoms with van der Waals surface area (Å²) >= 11 is 1.41. The molecule has 1 heterocycles. The summed E-state index contributed by atoms with van der Waals surface area (Å²) in [6.45, 7) is -0.377. The Morgan fingerprint density at radius 2 is 1.95 bits per heavy atom. The van der Waals surface area contributed by atoms with Crippen LogP contribution in [0.5, 0.6) is 0 Å². The molecule has 3 rings (SSSR count). The molecule has 0 fully saturated rings. The van der Waals surface area contributed by atoms with Gasteiger partial charge in [0.1, 0.15) is 4.88 Å². The van der Waals surface area contributed by atoms with Gasteiger partial charge in [-0.3, -0.25) is 4.79 Å². The number of fused-ring (bicyclic) bond motifs is 3. The summed E-state index contributed by atoms with van der Waals surface area (Å²) in [6, 6.07) is 10.1. The molecule has 2 N–H and O–H groups in total. The van der Waals surface area contributed by atoms with Crippen LogP contribution in [0.1, 0.15) is 20.8 Å². The molecular formula is C15H13NO3S. The van der Waals surface area contributed by atoms with Crippen LogP contribution in [0.2, 0.25) is 0 Å². The Bertz CT molecular complexity index is 690. The van der Waals surface area contributed by atoms with Crippen molar-refractivity contribution in [2.24, 2.45) is 5.73 Å². The van der Waals surface area contributed by atoms with Gasteiger partial charge < -0.3 is 10.5 Å². The van der Waals surface area contributed by atoms with E-state index in [4.69, 9.17) is 10.5 Å². The van der Waals surface area contributed by atoms with E-state index < -0.39 is 11.9 Å². The van der Waals surface area contributed by atoms with Crippen LogP contribution in [0.15, 0.2) is 30.3 Å². The number of thiophene rings is 1. The predicted molar refractivity (Wildman–Crippen MR) is 76.6 cm³/mol. The van der Waals surface area contributed by atoms with Gasteiger partial charge in [0.2, 0.25) is 0 Å². The Balaban J connectivity index is 1.90. The lowest BCUT2D eigenvalue weighted by molar-refractivity contribution is -0.121. The maximum Gasteiger partial charge on any atom is 0.348 e. The maximum atomic E-state index is 11.9. The molecule has 0 bridgehead atoms. The van der Waals surface area contributed by atoms with Gasteiger partial charge in [-0.05, 0) is 35.6 Å². The largest absolute Gasteiger partial charge is 0.451 e. The van der Waals surface area contributed by atoms with E-state index >= 15 is 0 Å². The van der Waals surface area contributed by atoms with Crippen LogP contribution in [0.25, 0.3) is 10.4 Å². The third-order valence-corrected chi connectivity index (χ3v) is 4.47. The number of nitrogens with two attached hydrogens (primary N) is 1. The standard InChI is InChI=1S/C15H13NO3S/c16-13(17)8-19-15(18)12-7-10-6-5-9-3-1-2-4-11(9)14(10)20-12/h1-4,7H,5-6,8H2,(H2,16,17). The number of carbonyl (C=O) groups excluding carboxylic acids is 2. The Morgan fingerprint density at radius 1 is 1.20 bits per heavy atom. The first-order valence-electron chi connectivity index (χ1n) is 6.31. The van der Waals surface area contributed by atoms with E-state index in [2.05, 4.69) is 12.1 Å². The van der Waals surface area contributed by atoms with E-state index in [-0.39, 0.29) is 6.61 Å². The summed E-state index contributed by atoms with van der Waals surface area (Å²) < 4.78 is 4.85. The van der Waals surface area contributed by atoms with Crippen LogP contribution in [0.4, 0.5) is 0 Å². The minimum Gasteiger partial charge on any atom is -0.451 e. The van der Waals surface area contributed by atoms with Crippen LogP contribution in [-0.4, -0.2) is 18.5 Å². The molecule has 0 saturated heterocycles. The number of ether oxygens (including phenoxy) is 1. The van der Waals surface area contributed by atoms with E-state index in [1.165, 1.54) is 28.0 Å². The van der Waals surface area contributed by atoms with Crippen LogP contribution in [-0.2, 0) is 22.4 Å². The van der Waals surface area contributed by atoms with Crippen LogP contribution >= 0.6 is 11.3 Å². The molecule has 0 atom stereocenters. The van der Waals surface area contributed by atoms with E-state index in [0.717, 1.165) is 17.7 Å². The van der Waals surface area contributed by atoms with Crippen molar-refractivity contribution >= 4 is 23.2 Å². The number of primary amides is 1. The Morgan fingerprint density at radius 3 is 2.75 bits per heavy atom. The first-order chi connectivity index (χ1) is 9.65. The second kappa shape index (κ2) is 5.09. The van der Waals surface area contributed by atoms with E-state index in [9.17, 15) is 9.59 Å². The first-order valence-corrected chi connectivity index (χ1v) is 7.13. The normalized spacial score (nSPS) is 12.4. The lowest BCUT2D eigenvalue weighted by Crippen LogP contribution is -2.20. The minimum atomic E-state index is -0.648. The van der Waals surface area contributed by atoms with Gasteiger partial charge in [0.25, 0.3) is 5.91 Å². The zero-order chi connectivity index (χ0) is 14.1. The van der Waals surface area contributed by atoms with E-state index in [0.29, 0.717) is 4.88 Å². The summed E-state index contributed by atoms with van der Waals surface area (Å²) in [7, 11) is 0. The summed E-state index contributed by atoms with van der Waals surface area (Å²) in [6.07, 6.45) is 1.90. The monoisotopic (exact) mass is 287 g/mol. The van der Waals surface area contributed by atoms with Crippen molar-refractivity contribution in [3.8, 4) is 10.4 Å². The van der Waals surface area contributed by atoms with Gasteiger partial charge in [-0.1, -0.05) is 24.3 Å². The second-order valence-electron chi connectivity index (χ2n) is 4.66. The number of carbonyl (C=O) groups is 2. The van der Waals surface area contributed by atoms with Gasteiger partial charge >= 0.3 is 5.97 Å². The molecule has 0 radical (unpaired) electrons. The molecule has 1 aliphatic carbocycles. The first kappa shape index (κ1) is 12.9. The van der Waals surface area contributed by atoms with Gasteiger partial charge in [0.05, 0.1) is 0 Å². The van der Waals surface area contributed by atoms with Gasteiger partial charge in [-0.15, -0.1) is 11.3 Å². The molecule has 20 heavy (non-hydrogen) atoms. The van der Waals surface area contributed by atoms with Gasteiger partial charge in [-0.2, -0.15) is 0 Å². The SMILES string of the molecule is NC(=O)COC(=O)c1cc2c(s1)-c1ccccc1CC2. The molecular weight excluding hydrogens is 274 g/mol. The molecule has 102 valence electrons. The van der Waals surface area contributed by atoms with Crippen molar-refractivity contribution in [3.63, 3.8) is 0 Å². The topological polar surface area (TPSA) is 69.4 Å². The molecule has 5 heteroatoms. The predicted octanol–water partition coefficient (Wildman–Crippen LogP) is 2.16. The minimum absolute atomic E-state index is 0.377. The zero-order valence-electron chi connectivity index (χ0n) is 10.7. The third kappa shape index (κ3) is 2.32. The number of aryl methyl sites for hydroxylation is 2. The van der Waals surface area contributed by atoms with Crippen molar-refractivity contribution in [1.29, 1.82) is 0 Å². The Hall–Kier alpha value is -2.14. The number of rotatable bonds is 3. The lowest BCUT2D eigenvalue weighted by atomic mass is 9.91. The molecule has 4 nitrogen and oxygen atoms in total. The average molecular weight is 287 g/mol. The van der Waals surface area contributed by atoms with Gasteiger partial charge in [0, 0.05) is 4.88 Å². The highest BCUT2D eigenvalue weighted by molar-refractivity contribution is 7.17. The van der Waals surface area contributed by atoms with Crippen molar-refractivity contribution < 1.29 is 14.3 Å². The number of hydrogen-bond donors (Lipinski definition) is 1. The van der Waals surface area contributed by atoms with Crippen molar-refractivity contribution in [2.75, 3.05) is 6.61 Å². The Kier molecular flexibility index (Phi) is 3.28. The highest BCUT2D eigenvalue weighted by atomic mass is 32.1. The quantitative estimate of drug-likeness (QED) is 0.879.